The zero-order chi connectivity index (χ0) is 6.41. The molecule has 0 amide bonds. The van der Waals surface area contributed by atoms with Crippen molar-refractivity contribution < 1.29 is 14.3 Å². The predicted molar refractivity (Wildman–Crippen MR) is 37.2 cm³/mol. The average Bonchev–Trinajstić information content (AvgIpc) is 1.68. The van der Waals surface area contributed by atoms with Gasteiger partial charge in [0.15, 0.2) is 0 Å². The van der Waals surface area contributed by atoms with Gasteiger partial charge in [-0.15, -0.1) is 0 Å². The van der Waals surface area contributed by atoms with Crippen LogP contribution in [0.1, 0.15) is 13.8 Å². The van der Waals surface area contributed by atoms with Crippen molar-refractivity contribution >= 4 is 29.2 Å². The van der Waals surface area contributed by atoms with Gasteiger partial charge in [0.1, 0.15) is 0 Å². The van der Waals surface area contributed by atoms with Gasteiger partial charge >= 0.3 is 29.2 Å². The maximum Gasteiger partial charge on any atom is 0.508 e. The molecule has 0 aromatic rings. The van der Waals surface area contributed by atoms with E-state index in [0.717, 1.165) is 0 Å². The molecule has 0 saturated carbocycles. The number of rotatable bonds is 2. The zero-order valence-electron chi connectivity index (χ0n) is 5.14. The highest BCUT2D eigenvalue weighted by atomic mass is 24.3. The summed E-state index contributed by atoms with van der Waals surface area (Å²) in [7, 11) is 0. The number of carbonyl (C=O) groups is 1. The Hall–Kier alpha value is 0.0362. The second-order valence-corrected chi connectivity index (χ2v) is 1.12. The summed E-state index contributed by atoms with van der Waals surface area (Å²) in [6, 6.07) is 0. The first-order valence-corrected chi connectivity index (χ1v) is 2.60. The van der Waals surface area contributed by atoms with Crippen LogP contribution in [0.15, 0.2) is 0 Å². The predicted octanol–water partition coefficient (Wildman–Crippen LogP) is 0.263. The van der Waals surface area contributed by atoms with E-state index in [2.05, 4.69) is 9.47 Å². The zero-order valence-corrected chi connectivity index (χ0v) is 5.14. The van der Waals surface area contributed by atoms with E-state index in [9.17, 15) is 4.79 Å². The summed E-state index contributed by atoms with van der Waals surface area (Å²) in [5.41, 5.74) is 0. The summed E-state index contributed by atoms with van der Waals surface area (Å²) in [6.45, 7) is 4.21. The Bertz CT molecular complexity index is 66.6. The molecular formula is C5H12MgO3. The van der Waals surface area contributed by atoms with E-state index in [4.69, 9.17) is 0 Å². The Balaban J connectivity index is 0. The molecule has 0 radical (unpaired) electrons. The molecule has 4 heteroatoms. The topological polar surface area (TPSA) is 35.5 Å². The second-order valence-electron chi connectivity index (χ2n) is 1.12. The van der Waals surface area contributed by atoms with Crippen molar-refractivity contribution in [3.63, 3.8) is 0 Å². The van der Waals surface area contributed by atoms with Crippen molar-refractivity contribution in [3.05, 3.63) is 0 Å². The number of hydrogen-bond donors (Lipinski definition) is 0. The SMILES string of the molecule is CCOC(=O)OCC.[MgH2]. The molecule has 0 unspecified atom stereocenters. The van der Waals surface area contributed by atoms with Gasteiger partial charge in [-0.3, -0.25) is 0 Å². The number of carbonyl (C=O) groups excluding carboxylic acids is 1. The molecule has 3 nitrogen and oxygen atoms in total. The normalized spacial score (nSPS) is 7.33. The second kappa shape index (κ2) is 8.04. The Labute approximate surface area is 70.9 Å². The molecule has 0 aliphatic rings. The number of ether oxygens (including phenoxy) is 2. The van der Waals surface area contributed by atoms with Crippen LogP contribution < -0.4 is 0 Å². The van der Waals surface area contributed by atoms with Gasteiger partial charge < -0.3 is 9.47 Å². The molecule has 0 aliphatic heterocycles. The van der Waals surface area contributed by atoms with Crippen LogP contribution in [0.4, 0.5) is 4.79 Å². The molecule has 0 aromatic heterocycles. The quantitative estimate of drug-likeness (QED) is 0.412. The van der Waals surface area contributed by atoms with Gasteiger partial charge in [0.25, 0.3) is 0 Å². The summed E-state index contributed by atoms with van der Waals surface area (Å²) in [5.74, 6) is 0. The van der Waals surface area contributed by atoms with E-state index in [1.165, 1.54) is 0 Å². The standard InChI is InChI=1S/C5H10O3.Mg.2H/c1-3-7-5(6)8-4-2;;;/h3-4H2,1-2H3;;;. The van der Waals surface area contributed by atoms with Gasteiger partial charge in [0.2, 0.25) is 0 Å². The highest BCUT2D eigenvalue weighted by Gasteiger charge is 1.96. The van der Waals surface area contributed by atoms with Crippen molar-refractivity contribution in [2.24, 2.45) is 0 Å². The minimum Gasteiger partial charge on any atom is -0.435 e. The van der Waals surface area contributed by atoms with Gasteiger partial charge in [0.05, 0.1) is 13.2 Å². The molecule has 0 heterocycles. The summed E-state index contributed by atoms with van der Waals surface area (Å²) in [4.78, 5) is 10.2. The lowest BCUT2D eigenvalue weighted by molar-refractivity contribution is 0.0630. The first-order chi connectivity index (χ1) is 3.81. The molecule has 0 spiro atoms. The van der Waals surface area contributed by atoms with Gasteiger partial charge in [-0.2, -0.15) is 0 Å². The third kappa shape index (κ3) is 8.04. The van der Waals surface area contributed by atoms with Crippen molar-refractivity contribution in [1.29, 1.82) is 0 Å². The molecular weight excluding hydrogens is 132 g/mol. The van der Waals surface area contributed by atoms with E-state index < -0.39 is 6.16 Å². The van der Waals surface area contributed by atoms with Gasteiger partial charge in [-0.25, -0.2) is 4.79 Å². The summed E-state index contributed by atoms with van der Waals surface area (Å²) in [6.07, 6.45) is -0.588. The van der Waals surface area contributed by atoms with Crippen molar-refractivity contribution in [2.45, 2.75) is 13.8 Å². The van der Waals surface area contributed by atoms with Gasteiger partial charge in [-0.1, -0.05) is 0 Å². The molecule has 9 heavy (non-hydrogen) atoms. The maximum absolute atomic E-state index is 10.2. The lowest BCUT2D eigenvalue weighted by Crippen LogP contribution is -2.05. The molecule has 0 fully saturated rings. The van der Waals surface area contributed by atoms with Crippen LogP contribution in [0.5, 0.6) is 0 Å². The molecule has 0 bridgehead atoms. The first kappa shape index (κ1) is 11.8. The largest absolute Gasteiger partial charge is 0.508 e. The van der Waals surface area contributed by atoms with E-state index >= 15 is 0 Å². The van der Waals surface area contributed by atoms with E-state index in [1.807, 2.05) is 0 Å². The fourth-order valence-electron chi connectivity index (χ4n) is 0.277. The highest BCUT2D eigenvalue weighted by Crippen LogP contribution is 1.81. The van der Waals surface area contributed by atoms with Crippen molar-refractivity contribution in [3.8, 4) is 0 Å². The fraction of sp³-hybridized carbons (Fsp3) is 0.800. The Morgan fingerprint density at radius 2 is 1.56 bits per heavy atom. The molecule has 0 atom stereocenters. The number of hydrogen-bond acceptors (Lipinski definition) is 3. The van der Waals surface area contributed by atoms with Crippen LogP contribution in [0.25, 0.3) is 0 Å². The summed E-state index contributed by atoms with van der Waals surface area (Å²) >= 11 is 0. The van der Waals surface area contributed by atoms with Crippen LogP contribution in [-0.2, 0) is 9.47 Å². The van der Waals surface area contributed by atoms with Crippen LogP contribution in [-0.4, -0.2) is 42.4 Å². The minimum absolute atomic E-state index is 0. The van der Waals surface area contributed by atoms with Crippen molar-refractivity contribution in [2.75, 3.05) is 13.2 Å². The molecule has 0 aliphatic carbocycles. The van der Waals surface area contributed by atoms with E-state index in [1.54, 1.807) is 13.8 Å². The molecule has 52 valence electrons. The summed E-state index contributed by atoms with van der Waals surface area (Å²) < 4.78 is 8.84. The van der Waals surface area contributed by atoms with E-state index in [-0.39, 0.29) is 23.1 Å². The van der Waals surface area contributed by atoms with Crippen LogP contribution in [0.3, 0.4) is 0 Å². The Kier molecular flexibility index (Phi) is 10.5. The molecule has 0 aromatic carbocycles. The lowest BCUT2D eigenvalue weighted by atomic mass is 10.8. The van der Waals surface area contributed by atoms with Crippen molar-refractivity contribution in [1.82, 2.24) is 0 Å². The Morgan fingerprint density at radius 1 is 1.22 bits per heavy atom. The molecule has 0 N–H and O–H groups in total. The van der Waals surface area contributed by atoms with Gasteiger partial charge in [0, 0.05) is 0 Å². The van der Waals surface area contributed by atoms with Crippen LogP contribution in [0, 0.1) is 0 Å². The third-order valence-electron chi connectivity index (χ3n) is 0.524. The average molecular weight is 144 g/mol. The lowest BCUT2D eigenvalue weighted by Gasteiger charge is -1.98. The summed E-state index contributed by atoms with van der Waals surface area (Å²) in [5, 5.41) is 0. The van der Waals surface area contributed by atoms with Crippen LogP contribution >= 0.6 is 0 Å². The van der Waals surface area contributed by atoms with Crippen LogP contribution in [0.2, 0.25) is 0 Å². The minimum atomic E-state index is -0.588. The smallest absolute Gasteiger partial charge is 0.435 e. The first-order valence-electron chi connectivity index (χ1n) is 2.60. The monoisotopic (exact) mass is 144 g/mol. The Morgan fingerprint density at radius 3 is 1.78 bits per heavy atom. The molecule has 0 rings (SSSR count). The molecule has 0 saturated heterocycles. The maximum atomic E-state index is 10.2. The van der Waals surface area contributed by atoms with E-state index in [0.29, 0.717) is 13.2 Å². The van der Waals surface area contributed by atoms with Gasteiger partial charge in [-0.05, 0) is 13.8 Å². The highest BCUT2D eigenvalue weighted by molar-refractivity contribution is 5.75. The fourth-order valence-corrected chi connectivity index (χ4v) is 0.277. The third-order valence-corrected chi connectivity index (χ3v) is 0.524.